The molecule has 0 saturated carbocycles. The van der Waals surface area contributed by atoms with Crippen LogP contribution in [0.2, 0.25) is 0 Å². The number of nitrogens with zero attached hydrogens (tertiary/aromatic N) is 2. The molecule has 3 rings (SSSR count). The monoisotopic (exact) mass is 364 g/mol. The van der Waals surface area contributed by atoms with Crippen molar-refractivity contribution in [3.63, 3.8) is 0 Å². The van der Waals surface area contributed by atoms with Gasteiger partial charge >= 0.3 is 0 Å². The quantitative estimate of drug-likeness (QED) is 0.740. The molecular weight excluding hydrogens is 343 g/mol. The fourth-order valence-corrected chi connectivity index (χ4v) is 4.39. The number of halogens is 1. The van der Waals surface area contributed by atoms with E-state index in [1.165, 1.54) is 10.4 Å². The van der Waals surface area contributed by atoms with E-state index in [2.05, 4.69) is 4.98 Å². The Kier molecular flexibility index (Phi) is 5.65. The Morgan fingerprint density at radius 1 is 1.08 bits per heavy atom. The van der Waals surface area contributed by atoms with Crippen LogP contribution in [0.25, 0.3) is 0 Å². The summed E-state index contributed by atoms with van der Waals surface area (Å²) in [6.07, 6.45) is 1.51. The van der Waals surface area contributed by atoms with Gasteiger partial charge in [0.15, 0.2) is 0 Å². The van der Waals surface area contributed by atoms with Crippen LogP contribution in [0.4, 0.5) is 4.39 Å². The molecule has 1 aromatic heterocycles. The topological polar surface area (TPSA) is 59.5 Å². The van der Waals surface area contributed by atoms with Crippen LogP contribution in [0.15, 0.2) is 48.5 Å². The molecule has 2 heterocycles. The average molecular weight is 364 g/mol. The Labute approximate surface area is 147 Å². The second-order valence-corrected chi connectivity index (χ2v) is 8.15. The van der Waals surface area contributed by atoms with Gasteiger partial charge in [-0.25, -0.2) is 12.7 Å². The van der Waals surface area contributed by atoms with Gasteiger partial charge in [-0.05, 0) is 30.9 Å². The number of aryl methyl sites for hydroxylation is 1. The first kappa shape index (κ1) is 17.8. The molecule has 7 heteroatoms. The van der Waals surface area contributed by atoms with Gasteiger partial charge in [-0.15, -0.1) is 0 Å². The van der Waals surface area contributed by atoms with Gasteiger partial charge in [-0.3, -0.25) is 0 Å². The van der Waals surface area contributed by atoms with E-state index in [-0.39, 0.29) is 17.7 Å². The van der Waals surface area contributed by atoms with Gasteiger partial charge in [-0.2, -0.15) is 9.37 Å². The molecule has 1 aliphatic rings. The second kappa shape index (κ2) is 7.93. The van der Waals surface area contributed by atoms with E-state index < -0.39 is 16.0 Å². The Balaban J connectivity index is 1.50. The Bertz CT molecular complexity index is 791. The molecule has 1 aliphatic heterocycles. The minimum absolute atomic E-state index is 0.105. The van der Waals surface area contributed by atoms with E-state index in [4.69, 9.17) is 4.74 Å². The van der Waals surface area contributed by atoms with Gasteiger partial charge in [0.1, 0.15) is 6.10 Å². The Morgan fingerprint density at radius 3 is 2.48 bits per heavy atom. The summed E-state index contributed by atoms with van der Waals surface area (Å²) in [6, 6.07) is 14.0. The van der Waals surface area contributed by atoms with Crippen molar-refractivity contribution in [1.82, 2.24) is 9.29 Å². The third-order valence-corrected chi connectivity index (χ3v) is 6.13. The van der Waals surface area contributed by atoms with Crippen molar-refractivity contribution in [3.05, 3.63) is 60.0 Å². The number of rotatable bonds is 6. The molecule has 0 amide bonds. The van der Waals surface area contributed by atoms with Crippen molar-refractivity contribution >= 4 is 10.0 Å². The summed E-state index contributed by atoms with van der Waals surface area (Å²) in [7, 11) is -3.28. The molecule has 0 N–H and O–H groups in total. The first-order chi connectivity index (χ1) is 12.0. The maximum Gasteiger partial charge on any atom is 0.216 e. The largest absolute Gasteiger partial charge is 0.474 e. The number of pyridine rings is 1. The molecular formula is C18H21FN2O3S. The second-order valence-electron chi connectivity index (χ2n) is 6.07. The average Bonchev–Trinajstić information content (AvgIpc) is 2.62. The highest BCUT2D eigenvalue weighted by molar-refractivity contribution is 7.89. The van der Waals surface area contributed by atoms with Crippen LogP contribution in [-0.4, -0.2) is 42.7 Å². The molecule has 25 heavy (non-hydrogen) atoms. The number of hydrogen-bond acceptors (Lipinski definition) is 4. The smallest absolute Gasteiger partial charge is 0.216 e. The summed E-state index contributed by atoms with van der Waals surface area (Å²) >= 11 is 0. The summed E-state index contributed by atoms with van der Waals surface area (Å²) < 4.78 is 45.2. The van der Waals surface area contributed by atoms with Crippen molar-refractivity contribution < 1.29 is 17.5 Å². The van der Waals surface area contributed by atoms with Crippen LogP contribution in [0, 0.1) is 5.95 Å². The minimum Gasteiger partial charge on any atom is -0.474 e. The number of benzene rings is 1. The summed E-state index contributed by atoms with van der Waals surface area (Å²) in [5, 5.41) is 0. The number of aromatic nitrogens is 1. The highest BCUT2D eigenvalue weighted by Crippen LogP contribution is 2.20. The fraction of sp³-hybridized carbons (Fsp3) is 0.389. The number of sulfonamides is 1. The maximum atomic E-state index is 13.1. The molecule has 0 radical (unpaired) electrons. The van der Waals surface area contributed by atoms with Gasteiger partial charge in [0.25, 0.3) is 0 Å². The maximum absolute atomic E-state index is 13.1. The minimum atomic E-state index is -3.28. The van der Waals surface area contributed by atoms with Gasteiger partial charge in [0.05, 0.1) is 5.75 Å². The lowest BCUT2D eigenvalue weighted by atomic mass is 10.1. The molecule has 5 nitrogen and oxygen atoms in total. The van der Waals surface area contributed by atoms with E-state index >= 15 is 0 Å². The molecule has 2 aromatic rings. The summed E-state index contributed by atoms with van der Waals surface area (Å²) in [5.41, 5.74) is 1.02. The predicted molar refractivity (Wildman–Crippen MR) is 93.4 cm³/mol. The molecule has 0 atom stereocenters. The number of ether oxygens (including phenoxy) is 1. The van der Waals surface area contributed by atoms with Crippen LogP contribution in [-0.2, 0) is 16.4 Å². The standard InChI is InChI=1S/C18H21FN2O3S/c19-17-7-4-8-18(20-17)24-16-9-12-21(13-10-16)25(22,23)14-11-15-5-2-1-3-6-15/h1-8,16H,9-14H2. The SMILES string of the molecule is O=S(=O)(CCc1ccccc1)N1CCC(Oc2cccc(F)n2)CC1. The Hall–Kier alpha value is -1.99. The molecule has 1 aromatic carbocycles. The zero-order chi connectivity index (χ0) is 17.7. The predicted octanol–water partition coefficient (Wildman–Crippen LogP) is 2.64. The lowest BCUT2D eigenvalue weighted by Crippen LogP contribution is -2.43. The van der Waals surface area contributed by atoms with E-state index in [1.807, 2.05) is 30.3 Å². The normalized spacial score (nSPS) is 16.7. The molecule has 134 valence electrons. The first-order valence-corrected chi connectivity index (χ1v) is 9.95. The van der Waals surface area contributed by atoms with Crippen molar-refractivity contribution in [2.75, 3.05) is 18.8 Å². The van der Waals surface area contributed by atoms with Gasteiger partial charge in [0, 0.05) is 19.2 Å². The zero-order valence-electron chi connectivity index (χ0n) is 13.8. The van der Waals surface area contributed by atoms with E-state index in [0.717, 1.165) is 5.56 Å². The van der Waals surface area contributed by atoms with E-state index in [9.17, 15) is 12.8 Å². The summed E-state index contributed by atoms with van der Waals surface area (Å²) in [4.78, 5) is 3.68. The molecule has 0 spiro atoms. The van der Waals surface area contributed by atoms with Crippen LogP contribution < -0.4 is 4.74 Å². The summed E-state index contributed by atoms with van der Waals surface area (Å²) in [6.45, 7) is 0.828. The number of hydrogen-bond donors (Lipinski definition) is 0. The van der Waals surface area contributed by atoms with Crippen LogP contribution in [0.5, 0.6) is 5.88 Å². The zero-order valence-corrected chi connectivity index (χ0v) is 14.7. The highest BCUT2D eigenvalue weighted by atomic mass is 32.2. The lowest BCUT2D eigenvalue weighted by Gasteiger charge is -2.31. The first-order valence-electron chi connectivity index (χ1n) is 8.34. The van der Waals surface area contributed by atoms with Crippen LogP contribution >= 0.6 is 0 Å². The molecule has 1 fully saturated rings. The van der Waals surface area contributed by atoms with Gasteiger partial charge in [-0.1, -0.05) is 36.4 Å². The van der Waals surface area contributed by atoms with Gasteiger partial charge < -0.3 is 4.74 Å². The van der Waals surface area contributed by atoms with Crippen molar-refractivity contribution in [2.24, 2.45) is 0 Å². The lowest BCUT2D eigenvalue weighted by molar-refractivity contribution is 0.129. The highest BCUT2D eigenvalue weighted by Gasteiger charge is 2.28. The Morgan fingerprint density at radius 2 is 1.80 bits per heavy atom. The number of piperidine rings is 1. The van der Waals surface area contributed by atoms with Crippen LogP contribution in [0.3, 0.4) is 0 Å². The fourth-order valence-electron chi connectivity index (χ4n) is 2.87. The third-order valence-electron chi connectivity index (χ3n) is 4.26. The molecule has 0 bridgehead atoms. The third kappa shape index (κ3) is 4.99. The van der Waals surface area contributed by atoms with Crippen molar-refractivity contribution in [1.29, 1.82) is 0 Å². The molecule has 0 unspecified atom stereocenters. The van der Waals surface area contributed by atoms with Crippen molar-refractivity contribution in [3.8, 4) is 5.88 Å². The molecule has 1 saturated heterocycles. The molecule has 0 aliphatic carbocycles. The van der Waals surface area contributed by atoms with Gasteiger partial charge in [0.2, 0.25) is 21.9 Å². The van der Waals surface area contributed by atoms with E-state index in [0.29, 0.717) is 32.4 Å². The van der Waals surface area contributed by atoms with E-state index in [1.54, 1.807) is 12.1 Å². The summed E-state index contributed by atoms with van der Waals surface area (Å²) in [5.74, 6) is -0.239. The van der Waals surface area contributed by atoms with Crippen LogP contribution in [0.1, 0.15) is 18.4 Å². The van der Waals surface area contributed by atoms with Crippen molar-refractivity contribution in [2.45, 2.75) is 25.4 Å².